The van der Waals surface area contributed by atoms with Crippen LogP contribution in [0.15, 0.2) is 54.6 Å². The fourth-order valence-corrected chi connectivity index (χ4v) is 2.65. The zero-order valence-corrected chi connectivity index (χ0v) is 15.1. The van der Waals surface area contributed by atoms with E-state index in [1.807, 2.05) is 6.07 Å². The van der Waals surface area contributed by atoms with Crippen molar-refractivity contribution in [3.63, 3.8) is 0 Å². The molecule has 0 saturated carbocycles. The van der Waals surface area contributed by atoms with Crippen molar-refractivity contribution >= 4 is 23.5 Å². The molecule has 4 amide bonds. The van der Waals surface area contributed by atoms with Crippen LogP contribution in [-0.4, -0.2) is 38.5 Å². The Labute approximate surface area is 156 Å². The van der Waals surface area contributed by atoms with E-state index in [0.29, 0.717) is 16.2 Å². The van der Waals surface area contributed by atoms with Gasteiger partial charge in [-0.1, -0.05) is 30.3 Å². The zero-order chi connectivity index (χ0) is 19.8. The third-order valence-electron chi connectivity index (χ3n) is 3.92. The maximum atomic E-state index is 13.0. The van der Waals surface area contributed by atoms with Crippen molar-refractivity contribution in [3.8, 4) is 0 Å². The quantitative estimate of drug-likeness (QED) is 0.593. The van der Waals surface area contributed by atoms with E-state index >= 15 is 0 Å². The van der Waals surface area contributed by atoms with Crippen LogP contribution in [0.25, 0.3) is 0 Å². The van der Waals surface area contributed by atoms with Gasteiger partial charge >= 0.3 is 6.03 Å². The topological polar surface area (TPSA) is 91.7 Å². The summed E-state index contributed by atoms with van der Waals surface area (Å²) < 4.78 is 13.0. The van der Waals surface area contributed by atoms with Gasteiger partial charge in [-0.2, -0.15) is 0 Å². The number of rotatable bonds is 6. The zero-order valence-electron chi connectivity index (χ0n) is 15.1. The molecule has 2 rings (SSSR count). The van der Waals surface area contributed by atoms with Gasteiger partial charge in [0.05, 0.1) is 7.05 Å². The summed E-state index contributed by atoms with van der Waals surface area (Å²) in [5.74, 6) is -1.26. The van der Waals surface area contributed by atoms with Gasteiger partial charge in [0.1, 0.15) is 5.82 Å². The van der Waals surface area contributed by atoms with Gasteiger partial charge in [-0.05, 0) is 24.3 Å². The van der Waals surface area contributed by atoms with Gasteiger partial charge < -0.3 is 15.5 Å². The van der Waals surface area contributed by atoms with Gasteiger partial charge in [0, 0.05) is 18.3 Å². The molecule has 0 fully saturated rings. The van der Waals surface area contributed by atoms with Crippen LogP contribution in [-0.2, 0) is 9.59 Å². The Hall–Kier alpha value is -3.26. The molecule has 0 saturated heterocycles. The standard InChI is InChI=1S/C19H21FN4O3/c1-21-19(27)23-18(26)17(13-6-4-3-5-7-13)24(2)12-16(25)22-15-10-8-14(20)9-11-15/h3-11,17H,12H2,1-2H3,(H,22,25)(H2,21,23,26,27)/p+1/t17-/m1/s1. The second-order valence-corrected chi connectivity index (χ2v) is 5.99. The Morgan fingerprint density at radius 1 is 1.04 bits per heavy atom. The molecule has 0 bridgehead atoms. The number of benzene rings is 2. The number of urea groups is 1. The number of hydrogen-bond donors (Lipinski definition) is 4. The van der Waals surface area contributed by atoms with Crippen molar-refractivity contribution in [1.82, 2.24) is 10.6 Å². The maximum Gasteiger partial charge on any atom is 0.321 e. The molecule has 4 N–H and O–H groups in total. The second-order valence-electron chi connectivity index (χ2n) is 5.99. The molecule has 0 spiro atoms. The molecule has 8 heteroatoms. The number of halogens is 1. The molecule has 2 atom stereocenters. The lowest BCUT2D eigenvalue weighted by Crippen LogP contribution is -3.11. The number of likely N-dealkylation sites (N-methyl/N-ethyl adjacent to an activating group) is 1. The fraction of sp³-hybridized carbons (Fsp3) is 0.211. The minimum absolute atomic E-state index is 0.0297. The average molecular weight is 373 g/mol. The van der Waals surface area contributed by atoms with Gasteiger partial charge in [-0.15, -0.1) is 0 Å². The van der Waals surface area contributed by atoms with Crippen LogP contribution < -0.4 is 20.9 Å². The number of amides is 4. The van der Waals surface area contributed by atoms with E-state index in [1.54, 1.807) is 31.3 Å². The molecule has 0 aliphatic rings. The normalized spacial score (nSPS) is 12.6. The Bertz CT molecular complexity index is 796. The molecular weight excluding hydrogens is 351 g/mol. The van der Waals surface area contributed by atoms with Gasteiger partial charge in [0.25, 0.3) is 11.8 Å². The predicted octanol–water partition coefficient (Wildman–Crippen LogP) is 0.476. The summed E-state index contributed by atoms with van der Waals surface area (Å²) in [7, 11) is 3.10. The van der Waals surface area contributed by atoms with Crippen molar-refractivity contribution in [2.45, 2.75) is 6.04 Å². The Morgan fingerprint density at radius 2 is 1.67 bits per heavy atom. The highest BCUT2D eigenvalue weighted by Crippen LogP contribution is 2.10. The van der Waals surface area contributed by atoms with Crippen molar-refractivity contribution in [3.05, 3.63) is 66.0 Å². The lowest BCUT2D eigenvalue weighted by Gasteiger charge is -2.24. The van der Waals surface area contributed by atoms with Gasteiger partial charge in [0.15, 0.2) is 12.6 Å². The lowest BCUT2D eigenvalue weighted by atomic mass is 10.0. The van der Waals surface area contributed by atoms with E-state index in [-0.39, 0.29) is 12.5 Å². The summed E-state index contributed by atoms with van der Waals surface area (Å²) in [6, 6.07) is 12.9. The van der Waals surface area contributed by atoms with E-state index in [1.165, 1.54) is 31.3 Å². The Kier molecular flexibility index (Phi) is 7.01. The van der Waals surface area contributed by atoms with Gasteiger partial charge in [-0.3, -0.25) is 14.9 Å². The summed E-state index contributed by atoms with van der Waals surface area (Å²) >= 11 is 0. The number of hydrogen-bond acceptors (Lipinski definition) is 3. The SMILES string of the molecule is CNC(=O)NC(=O)[C@@H](c1ccccc1)[NH+](C)CC(=O)Nc1ccc(F)cc1. The van der Waals surface area contributed by atoms with Crippen molar-refractivity contribution in [2.24, 2.45) is 0 Å². The summed E-state index contributed by atoms with van der Waals surface area (Å²) in [6.45, 7) is -0.0297. The molecule has 0 heterocycles. The molecular formula is C19H22FN4O3+. The molecule has 2 aromatic carbocycles. The molecule has 1 unspecified atom stereocenters. The Balaban J connectivity index is 2.11. The van der Waals surface area contributed by atoms with Crippen LogP contribution in [0.1, 0.15) is 11.6 Å². The smallest absolute Gasteiger partial charge is 0.321 e. The first-order valence-electron chi connectivity index (χ1n) is 8.36. The van der Waals surface area contributed by atoms with E-state index < -0.39 is 23.8 Å². The summed E-state index contributed by atoms with van der Waals surface area (Å²) in [4.78, 5) is 37.0. The number of quaternary nitrogens is 1. The lowest BCUT2D eigenvalue weighted by molar-refractivity contribution is -0.894. The number of carbonyl (C=O) groups excluding carboxylic acids is 3. The summed E-state index contributed by atoms with van der Waals surface area (Å²) in [5, 5.41) is 7.24. The van der Waals surface area contributed by atoms with Crippen molar-refractivity contribution in [2.75, 3.05) is 26.0 Å². The third-order valence-corrected chi connectivity index (χ3v) is 3.92. The van der Waals surface area contributed by atoms with Crippen LogP contribution in [0.3, 0.4) is 0 Å². The predicted molar refractivity (Wildman–Crippen MR) is 98.6 cm³/mol. The van der Waals surface area contributed by atoms with Crippen LogP contribution in [0.2, 0.25) is 0 Å². The minimum Gasteiger partial charge on any atom is -0.341 e. The number of carbonyl (C=O) groups is 3. The van der Waals surface area contributed by atoms with Crippen molar-refractivity contribution < 1.29 is 23.7 Å². The molecule has 0 aliphatic heterocycles. The number of anilines is 1. The van der Waals surface area contributed by atoms with E-state index in [4.69, 9.17) is 0 Å². The summed E-state index contributed by atoms with van der Waals surface area (Å²) in [6.07, 6.45) is 0. The maximum absolute atomic E-state index is 13.0. The molecule has 142 valence electrons. The first kappa shape index (κ1) is 20.1. The van der Waals surface area contributed by atoms with Crippen LogP contribution in [0.4, 0.5) is 14.9 Å². The first-order valence-corrected chi connectivity index (χ1v) is 8.36. The summed E-state index contributed by atoms with van der Waals surface area (Å²) in [5.41, 5.74) is 1.13. The van der Waals surface area contributed by atoms with E-state index in [2.05, 4.69) is 16.0 Å². The van der Waals surface area contributed by atoms with Crippen molar-refractivity contribution in [1.29, 1.82) is 0 Å². The third kappa shape index (κ3) is 5.89. The Morgan fingerprint density at radius 3 is 2.26 bits per heavy atom. The van der Waals surface area contributed by atoms with Crippen LogP contribution in [0.5, 0.6) is 0 Å². The van der Waals surface area contributed by atoms with E-state index in [0.717, 1.165) is 0 Å². The average Bonchev–Trinajstić information content (AvgIpc) is 2.64. The minimum atomic E-state index is -0.762. The number of nitrogens with one attached hydrogen (secondary N) is 4. The molecule has 2 aromatic rings. The molecule has 0 aliphatic carbocycles. The van der Waals surface area contributed by atoms with Gasteiger partial charge in [-0.25, -0.2) is 9.18 Å². The van der Waals surface area contributed by atoms with Crippen LogP contribution >= 0.6 is 0 Å². The highest BCUT2D eigenvalue weighted by Gasteiger charge is 2.31. The largest absolute Gasteiger partial charge is 0.341 e. The van der Waals surface area contributed by atoms with Crippen LogP contribution in [0, 0.1) is 5.82 Å². The highest BCUT2D eigenvalue weighted by molar-refractivity contribution is 5.97. The molecule has 7 nitrogen and oxygen atoms in total. The van der Waals surface area contributed by atoms with E-state index in [9.17, 15) is 18.8 Å². The monoisotopic (exact) mass is 373 g/mol. The molecule has 0 radical (unpaired) electrons. The highest BCUT2D eigenvalue weighted by atomic mass is 19.1. The second kappa shape index (κ2) is 9.44. The number of imide groups is 1. The van der Waals surface area contributed by atoms with Gasteiger partial charge in [0.2, 0.25) is 0 Å². The molecule has 0 aromatic heterocycles. The molecule has 27 heavy (non-hydrogen) atoms. The fourth-order valence-electron chi connectivity index (χ4n) is 2.65. The first-order chi connectivity index (χ1) is 12.9.